The van der Waals surface area contributed by atoms with Gasteiger partial charge in [0.05, 0.1) is 12.8 Å². The minimum atomic E-state index is 0.0635. The Hall–Kier alpha value is -2.68. The smallest absolute Gasteiger partial charge is 0.238 e. The molecule has 0 aromatic carbocycles. The highest BCUT2D eigenvalue weighted by Crippen LogP contribution is 2.16. The van der Waals surface area contributed by atoms with Crippen LogP contribution in [0, 0.1) is 0 Å². The monoisotopic (exact) mass is 375 g/mol. The van der Waals surface area contributed by atoms with Crippen LogP contribution in [0.4, 0.5) is 0 Å². The lowest BCUT2D eigenvalue weighted by atomic mass is 10.2. The molecule has 1 aliphatic rings. The molecule has 0 saturated carbocycles. The predicted octanol–water partition coefficient (Wildman–Crippen LogP) is 0.885. The van der Waals surface area contributed by atoms with Crippen molar-refractivity contribution >= 4 is 11.8 Å². The largest absolute Gasteiger partial charge is 0.461 e. The van der Waals surface area contributed by atoms with Crippen molar-refractivity contribution in [2.75, 3.05) is 46.8 Å². The molecule has 0 atom stereocenters. The maximum absolute atomic E-state index is 12.5. The van der Waals surface area contributed by atoms with Gasteiger partial charge in [-0.15, -0.1) is 0 Å². The molecule has 2 aromatic heterocycles. The highest BCUT2D eigenvalue weighted by molar-refractivity contribution is 5.78. The van der Waals surface area contributed by atoms with Gasteiger partial charge in [0.25, 0.3) is 0 Å². The summed E-state index contributed by atoms with van der Waals surface area (Å²) in [4.78, 5) is 34.2. The Morgan fingerprint density at radius 3 is 2.81 bits per heavy atom. The normalized spacial score (nSPS) is 15.6. The molecule has 1 aliphatic heterocycles. The van der Waals surface area contributed by atoms with Crippen molar-refractivity contribution in [1.29, 1.82) is 0 Å². The fourth-order valence-electron chi connectivity index (χ4n) is 2.95. The van der Waals surface area contributed by atoms with E-state index in [0.717, 1.165) is 13.0 Å². The second kappa shape index (κ2) is 8.81. The van der Waals surface area contributed by atoms with Crippen molar-refractivity contribution in [3.05, 3.63) is 24.3 Å². The number of carbonyl (C=O) groups is 2. The molecule has 0 spiro atoms. The summed E-state index contributed by atoms with van der Waals surface area (Å²) in [6, 6.07) is 3.51. The Kier molecular flexibility index (Phi) is 6.23. The molecule has 0 bridgehead atoms. The van der Waals surface area contributed by atoms with Gasteiger partial charge in [0.15, 0.2) is 5.76 Å². The molecular weight excluding hydrogens is 350 g/mol. The molecule has 2 amide bonds. The van der Waals surface area contributed by atoms with Crippen LogP contribution in [0.25, 0.3) is 11.6 Å². The SMILES string of the molecule is CN(C)C(=O)CN1CCCN(C(=O)CCc2nc(-c3ccco3)no2)CC1. The lowest BCUT2D eigenvalue weighted by Gasteiger charge is -2.22. The zero-order valence-electron chi connectivity index (χ0n) is 15.8. The van der Waals surface area contributed by atoms with Crippen LogP contribution in [0.15, 0.2) is 27.3 Å². The third kappa shape index (κ3) is 5.16. The Balaban J connectivity index is 1.46. The summed E-state index contributed by atoms with van der Waals surface area (Å²) >= 11 is 0. The summed E-state index contributed by atoms with van der Waals surface area (Å²) in [6.45, 7) is 3.24. The first-order chi connectivity index (χ1) is 13.0. The van der Waals surface area contributed by atoms with E-state index in [9.17, 15) is 9.59 Å². The summed E-state index contributed by atoms with van der Waals surface area (Å²) in [6.07, 6.45) is 3.11. The van der Waals surface area contributed by atoms with Gasteiger partial charge < -0.3 is 18.7 Å². The average molecular weight is 375 g/mol. The van der Waals surface area contributed by atoms with Gasteiger partial charge >= 0.3 is 0 Å². The minimum absolute atomic E-state index is 0.0635. The number of hydrogen-bond donors (Lipinski definition) is 0. The van der Waals surface area contributed by atoms with Gasteiger partial charge in [0.1, 0.15) is 0 Å². The average Bonchev–Trinajstić information content (AvgIpc) is 3.28. The van der Waals surface area contributed by atoms with Gasteiger partial charge in [-0.25, -0.2) is 0 Å². The number of aromatic nitrogens is 2. The number of rotatable bonds is 6. The second-order valence-electron chi connectivity index (χ2n) is 6.79. The van der Waals surface area contributed by atoms with E-state index in [1.165, 1.54) is 0 Å². The summed E-state index contributed by atoms with van der Waals surface area (Å²) in [5.74, 6) is 1.49. The molecule has 2 aromatic rings. The molecule has 0 N–H and O–H groups in total. The van der Waals surface area contributed by atoms with Crippen LogP contribution in [-0.2, 0) is 16.0 Å². The number of aryl methyl sites for hydroxylation is 1. The van der Waals surface area contributed by atoms with Crippen LogP contribution in [-0.4, -0.2) is 83.5 Å². The van der Waals surface area contributed by atoms with Crippen LogP contribution in [0.2, 0.25) is 0 Å². The van der Waals surface area contributed by atoms with Crippen molar-refractivity contribution in [2.24, 2.45) is 0 Å². The van der Waals surface area contributed by atoms with E-state index in [4.69, 9.17) is 8.94 Å². The van der Waals surface area contributed by atoms with Crippen molar-refractivity contribution in [3.63, 3.8) is 0 Å². The topological polar surface area (TPSA) is 95.9 Å². The lowest BCUT2D eigenvalue weighted by molar-refractivity contribution is -0.131. The summed E-state index contributed by atoms with van der Waals surface area (Å²) < 4.78 is 10.4. The number of carbonyl (C=O) groups excluding carboxylic acids is 2. The number of hydrogen-bond acceptors (Lipinski definition) is 7. The van der Waals surface area contributed by atoms with Crippen molar-refractivity contribution < 1.29 is 18.5 Å². The molecule has 0 radical (unpaired) electrons. The number of amides is 2. The van der Waals surface area contributed by atoms with Crippen LogP contribution >= 0.6 is 0 Å². The Morgan fingerprint density at radius 2 is 2.07 bits per heavy atom. The van der Waals surface area contributed by atoms with Gasteiger partial charge in [-0.1, -0.05) is 5.16 Å². The predicted molar refractivity (Wildman–Crippen MR) is 96.7 cm³/mol. The third-order valence-corrected chi connectivity index (χ3v) is 4.56. The standard InChI is InChI=1S/C18H25N5O4/c1-21(2)17(25)13-22-8-4-9-23(11-10-22)16(24)7-6-15-19-18(20-27-15)14-5-3-12-26-14/h3,5,12H,4,6-11,13H2,1-2H3. The van der Waals surface area contributed by atoms with E-state index < -0.39 is 0 Å². The Bertz CT molecular complexity index is 756. The van der Waals surface area contributed by atoms with Gasteiger partial charge in [0.2, 0.25) is 23.5 Å². The zero-order valence-corrected chi connectivity index (χ0v) is 15.8. The quantitative estimate of drug-likeness (QED) is 0.740. The molecule has 3 heterocycles. The first-order valence-electron chi connectivity index (χ1n) is 9.09. The van der Waals surface area contributed by atoms with Crippen LogP contribution in [0.1, 0.15) is 18.7 Å². The molecule has 3 rings (SSSR count). The fourth-order valence-corrected chi connectivity index (χ4v) is 2.95. The molecule has 1 fully saturated rings. The van der Waals surface area contributed by atoms with Gasteiger partial charge in [-0.3, -0.25) is 14.5 Å². The molecular formula is C18H25N5O4. The molecule has 146 valence electrons. The molecule has 0 aliphatic carbocycles. The second-order valence-corrected chi connectivity index (χ2v) is 6.79. The molecule has 0 unspecified atom stereocenters. The van der Waals surface area contributed by atoms with Crippen molar-refractivity contribution in [2.45, 2.75) is 19.3 Å². The zero-order chi connectivity index (χ0) is 19.2. The van der Waals surface area contributed by atoms with E-state index in [2.05, 4.69) is 15.0 Å². The van der Waals surface area contributed by atoms with Crippen molar-refractivity contribution in [1.82, 2.24) is 24.8 Å². The maximum atomic E-state index is 12.5. The van der Waals surface area contributed by atoms with Gasteiger partial charge in [-0.2, -0.15) is 4.98 Å². The van der Waals surface area contributed by atoms with Crippen LogP contribution in [0.3, 0.4) is 0 Å². The molecule has 27 heavy (non-hydrogen) atoms. The van der Waals surface area contributed by atoms with E-state index in [1.54, 1.807) is 37.4 Å². The highest BCUT2D eigenvalue weighted by Gasteiger charge is 2.21. The van der Waals surface area contributed by atoms with Crippen LogP contribution in [0.5, 0.6) is 0 Å². The first kappa shape index (κ1) is 19.1. The lowest BCUT2D eigenvalue weighted by Crippen LogP contribution is -2.39. The number of likely N-dealkylation sites (N-methyl/N-ethyl adjacent to an activating group) is 1. The van der Waals surface area contributed by atoms with Gasteiger partial charge in [0, 0.05) is 53.1 Å². The fraction of sp³-hybridized carbons (Fsp3) is 0.556. The van der Waals surface area contributed by atoms with E-state index >= 15 is 0 Å². The minimum Gasteiger partial charge on any atom is -0.461 e. The number of furan rings is 1. The van der Waals surface area contributed by atoms with E-state index in [1.807, 2.05) is 4.90 Å². The molecule has 1 saturated heterocycles. The van der Waals surface area contributed by atoms with Crippen LogP contribution < -0.4 is 0 Å². The Labute approximate surface area is 157 Å². The summed E-state index contributed by atoms with van der Waals surface area (Å²) in [5, 5.41) is 3.87. The third-order valence-electron chi connectivity index (χ3n) is 4.56. The highest BCUT2D eigenvalue weighted by atomic mass is 16.5. The Morgan fingerprint density at radius 1 is 1.22 bits per heavy atom. The summed E-state index contributed by atoms with van der Waals surface area (Å²) in [5.41, 5.74) is 0. The van der Waals surface area contributed by atoms with Gasteiger partial charge in [-0.05, 0) is 18.6 Å². The van der Waals surface area contributed by atoms with E-state index in [0.29, 0.717) is 56.5 Å². The van der Waals surface area contributed by atoms with Crippen molar-refractivity contribution in [3.8, 4) is 11.6 Å². The van der Waals surface area contributed by atoms with E-state index in [-0.39, 0.29) is 11.8 Å². The first-order valence-corrected chi connectivity index (χ1v) is 9.09. The molecule has 9 nitrogen and oxygen atoms in total. The maximum Gasteiger partial charge on any atom is 0.238 e. The summed E-state index contributed by atoms with van der Waals surface area (Å²) in [7, 11) is 3.51. The number of nitrogens with zero attached hydrogens (tertiary/aromatic N) is 5. The molecule has 9 heteroatoms.